The third-order valence-electron chi connectivity index (χ3n) is 2.73. The topological polar surface area (TPSA) is 15.8 Å². The number of aromatic nitrogens is 1. The molecule has 1 fully saturated rings. The van der Waals surface area contributed by atoms with Crippen molar-refractivity contribution >= 4 is 38.4 Å². The van der Waals surface area contributed by atoms with Crippen molar-refractivity contribution in [1.29, 1.82) is 0 Å². The Hall–Kier alpha value is -0.470. The van der Waals surface area contributed by atoms with Crippen LogP contribution in [0, 0.1) is 0 Å². The summed E-state index contributed by atoms with van der Waals surface area (Å²) in [5, 5.41) is 1.99. The van der Waals surface area contributed by atoms with E-state index in [9.17, 15) is 0 Å². The van der Waals surface area contributed by atoms with Crippen LogP contribution in [0.1, 0.15) is 24.5 Å². The van der Waals surface area contributed by atoms with Gasteiger partial charge in [0.15, 0.2) is 0 Å². The van der Waals surface area contributed by atoms with Gasteiger partial charge in [-0.25, -0.2) is 0 Å². The smallest absolute Gasteiger partial charge is 0.0657 e. The molecule has 1 aliphatic rings. The summed E-state index contributed by atoms with van der Waals surface area (Å²) in [6, 6.07) is 6.00. The SMILES string of the molecule is Clc1cccc2c(Br)c(C3CC3)[nH]c12. The zero-order valence-corrected chi connectivity index (χ0v) is 9.82. The van der Waals surface area contributed by atoms with Crippen molar-refractivity contribution in [3.05, 3.63) is 33.4 Å². The predicted octanol–water partition coefficient (Wildman–Crippen LogP) is 4.46. The quantitative estimate of drug-likeness (QED) is 0.787. The lowest BCUT2D eigenvalue weighted by atomic mass is 10.2. The van der Waals surface area contributed by atoms with Gasteiger partial charge >= 0.3 is 0 Å². The number of rotatable bonds is 1. The number of fused-ring (bicyclic) bond motifs is 1. The highest BCUT2D eigenvalue weighted by Gasteiger charge is 2.28. The van der Waals surface area contributed by atoms with Crippen molar-refractivity contribution in [1.82, 2.24) is 4.98 Å². The van der Waals surface area contributed by atoms with Gasteiger partial charge in [-0.05, 0) is 34.8 Å². The van der Waals surface area contributed by atoms with E-state index in [0.717, 1.165) is 10.5 Å². The zero-order valence-electron chi connectivity index (χ0n) is 7.48. The molecule has 0 unspecified atom stereocenters. The van der Waals surface area contributed by atoms with Gasteiger partial charge in [-0.2, -0.15) is 0 Å². The van der Waals surface area contributed by atoms with Gasteiger partial charge in [0.25, 0.3) is 0 Å². The van der Waals surface area contributed by atoms with Crippen LogP contribution in [0.4, 0.5) is 0 Å². The first-order valence-corrected chi connectivity index (χ1v) is 5.90. The Morgan fingerprint density at radius 2 is 2.14 bits per heavy atom. The summed E-state index contributed by atoms with van der Waals surface area (Å²) in [6.45, 7) is 0. The molecule has 72 valence electrons. The lowest BCUT2D eigenvalue weighted by molar-refractivity contribution is 1.05. The Morgan fingerprint density at radius 1 is 1.36 bits per heavy atom. The molecular weight excluding hydrogens is 261 g/mol. The number of hydrogen-bond acceptors (Lipinski definition) is 0. The molecule has 1 aromatic heterocycles. The van der Waals surface area contributed by atoms with Crippen molar-refractivity contribution < 1.29 is 0 Å². The van der Waals surface area contributed by atoms with Crippen molar-refractivity contribution in [3.8, 4) is 0 Å². The molecule has 0 saturated heterocycles. The van der Waals surface area contributed by atoms with Crippen LogP contribution in [-0.2, 0) is 0 Å². The van der Waals surface area contributed by atoms with Crippen LogP contribution >= 0.6 is 27.5 Å². The number of H-pyrrole nitrogens is 1. The summed E-state index contributed by atoms with van der Waals surface area (Å²) in [5.41, 5.74) is 2.37. The molecule has 2 aromatic rings. The van der Waals surface area contributed by atoms with E-state index in [4.69, 9.17) is 11.6 Å². The first kappa shape index (κ1) is 8.81. The predicted molar refractivity (Wildman–Crippen MR) is 63.0 cm³/mol. The third kappa shape index (κ3) is 1.21. The van der Waals surface area contributed by atoms with Crippen LogP contribution in [0.25, 0.3) is 10.9 Å². The fourth-order valence-corrected chi connectivity index (χ4v) is 2.80. The summed E-state index contributed by atoms with van der Waals surface area (Å²) in [6.07, 6.45) is 2.59. The Bertz CT molecular complexity index is 499. The molecule has 0 bridgehead atoms. The first-order chi connectivity index (χ1) is 6.77. The van der Waals surface area contributed by atoms with Gasteiger partial charge in [-0.1, -0.05) is 23.7 Å². The van der Waals surface area contributed by atoms with Crippen LogP contribution < -0.4 is 0 Å². The van der Waals surface area contributed by atoms with Gasteiger partial charge in [-0.15, -0.1) is 0 Å². The van der Waals surface area contributed by atoms with Crippen LogP contribution in [0.15, 0.2) is 22.7 Å². The second-order valence-corrected chi connectivity index (χ2v) is 4.99. The molecule has 1 aromatic carbocycles. The van der Waals surface area contributed by atoms with E-state index < -0.39 is 0 Å². The van der Waals surface area contributed by atoms with Gasteiger partial charge in [0.2, 0.25) is 0 Å². The standard InChI is InChI=1S/C11H9BrClN/c12-9-7-2-1-3-8(13)11(7)14-10(9)6-4-5-6/h1-3,6,14H,4-5H2. The number of para-hydroxylation sites is 1. The maximum Gasteiger partial charge on any atom is 0.0657 e. The van der Waals surface area contributed by atoms with E-state index >= 15 is 0 Å². The molecule has 3 rings (SSSR count). The normalized spacial score (nSPS) is 16.4. The van der Waals surface area contributed by atoms with Gasteiger partial charge in [-0.3, -0.25) is 0 Å². The summed E-state index contributed by atoms with van der Waals surface area (Å²) in [5.74, 6) is 0.716. The zero-order chi connectivity index (χ0) is 9.71. The average molecular weight is 271 g/mol. The highest BCUT2D eigenvalue weighted by atomic mass is 79.9. The Morgan fingerprint density at radius 3 is 2.79 bits per heavy atom. The minimum absolute atomic E-state index is 0.716. The Balaban J connectivity index is 2.33. The molecule has 14 heavy (non-hydrogen) atoms. The minimum atomic E-state index is 0.716. The van der Waals surface area contributed by atoms with E-state index in [-0.39, 0.29) is 0 Å². The maximum atomic E-state index is 6.12. The molecule has 1 N–H and O–H groups in total. The number of aromatic amines is 1. The molecular formula is C11H9BrClN. The molecule has 0 amide bonds. The van der Waals surface area contributed by atoms with Crippen molar-refractivity contribution in [2.24, 2.45) is 0 Å². The molecule has 1 saturated carbocycles. The minimum Gasteiger partial charge on any atom is -0.356 e. The second kappa shape index (κ2) is 3.01. The van der Waals surface area contributed by atoms with Crippen LogP contribution in [-0.4, -0.2) is 4.98 Å². The highest BCUT2D eigenvalue weighted by molar-refractivity contribution is 9.10. The summed E-state index contributed by atoms with van der Waals surface area (Å²) in [4.78, 5) is 3.42. The maximum absolute atomic E-state index is 6.12. The number of benzene rings is 1. The fourth-order valence-electron chi connectivity index (χ4n) is 1.82. The molecule has 1 heterocycles. The van der Waals surface area contributed by atoms with Crippen molar-refractivity contribution in [2.45, 2.75) is 18.8 Å². The number of nitrogens with one attached hydrogen (secondary N) is 1. The molecule has 0 spiro atoms. The number of hydrogen-bond donors (Lipinski definition) is 1. The highest BCUT2D eigenvalue weighted by Crippen LogP contribution is 2.45. The number of halogens is 2. The molecule has 0 aliphatic heterocycles. The van der Waals surface area contributed by atoms with Gasteiger partial charge in [0.1, 0.15) is 0 Å². The van der Waals surface area contributed by atoms with E-state index in [1.165, 1.54) is 28.4 Å². The van der Waals surface area contributed by atoms with E-state index in [2.05, 4.69) is 27.0 Å². The van der Waals surface area contributed by atoms with Gasteiger partial charge in [0, 0.05) is 21.5 Å². The van der Waals surface area contributed by atoms with Crippen LogP contribution in [0.3, 0.4) is 0 Å². The average Bonchev–Trinajstić information content (AvgIpc) is 2.94. The lowest BCUT2D eigenvalue weighted by Gasteiger charge is -1.91. The summed E-state index contributed by atoms with van der Waals surface area (Å²) in [7, 11) is 0. The molecule has 1 aliphatic carbocycles. The van der Waals surface area contributed by atoms with Crippen molar-refractivity contribution in [3.63, 3.8) is 0 Å². The van der Waals surface area contributed by atoms with E-state index in [1.807, 2.05) is 12.1 Å². The van der Waals surface area contributed by atoms with Crippen LogP contribution in [0.2, 0.25) is 5.02 Å². The molecule has 3 heteroatoms. The largest absolute Gasteiger partial charge is 0.356 e. The fraction of sp³-hybridized carbons (Fsp3) is 0.273. The first-order valence-electron chi connectivity index (χ1n) is 4.73. The second-order valence-electron chi connectivity index (χ2n) is 3.79. The molecule has 0 radical (unpaired) electrons. The molecule has 0 atom stereocenters. The summed E-state index contributed by atoms with van der Waals surface area (Å²) < 4.78 is 1.19. The summed E-state index contributed by atoms with van der Waals surface area (Å²) >= 11 is 9.75. The monoisotopic (exact) mass is 269 g/mol. The van der Waals surface area contributed by atoms with Gasteiger partial charge < -0.3 is 4.98 Å². The van der Waals surface area contributed by atoms with E-state index in [0.29, 0.717) is 5.92 Å². The molecule has 1 nitrogen and oxygen atoms in total. The van der Waals surface area contributed by atoms with Gasteiger partial charge in [0.05, 0.1) is 10.5 Å². The van der Waals surface area contributed by atoms with Crippen LogP contribution in [0.5, 0.6) is 0 Å². The Labute approximate surface area is 95.6 Å². The Kier molecular flexibility index (Phi) is 1.89. The van der Waals surface area contributed by atoms with Crippen molar-refractivity contribution in [2.75, 3.05) is 0 Å². The lowest BCUT2D eigenvalue weighted by Crippen LogP contribution is -1.77. The van der Waals surface area contributed by atoms with E-state index in [1.54, 1.807) is 0 Å². The third-order valence-corrected chi connectivity index (χ3v) is 3.90.